The van der Waals surface area contributed by atoms with Gasteiger partial charge in [-0.1, -0.05) is 6.07 Å². The first-order valence-electron chi connectivity index (χ1n) is 6.13. The minimum absolute atomic E-state index is 0.0696. The van der Waals surface area contributed by atoms with Gasteiger partial charge in [0.1, 0.15) is 11.5 Å². The highest BCUT2D eigenvalue weighted by atomic mass is 16.5. The molecule has 0 spiro atoms. The Morgan fingerprint density at radius 1 is 1.37 bits per heavy atom. The van der Waals surface area contributed by atoms with Crippen LogP contribution in [0.3, 0.4) is 0 Å². The molecule has 0 saturated heterocycles. The smallest absolute Gasteiger partial charge is 0.304 e. The maximum absolute atomic E-state index is 10.6. The van der Waals surface area contributed by atoms with Crippen LogP contribution in [-0.4, -0.2) is 43.8 Å². The van der Waals surface area contributed by atoms with Crippen molar-refractivity contribution in [1.82, 2.24) is 4.90 Å². The number of aliphatic carboxylic acids is 1. The molecule has 0 amide bonds. The van der Waals surface area contributed by atoms with Crippen LogP contribution in [0.5, 0.6) is 11.5 Å². The summed E-state index contributed by atoms with van der Waals surface area (Å²) in [6.45, 7) is 2.51. The predicted molar refractivity (Wildman–Crippen MR) is 72.8 cm³/mol. The van der Waals surface area contributed by atoms with Crippen LogP contribution in [0.25, 0.3) is 0 Å². The summed E-state index contributed by atoms with van der Waals surface area (Å²) in [5.41, 5.74) is 1.01. The minimum Gasteiger partial charge on any atom is -0.497 e. The standard InChI is InChI=1S/C14H21NO4/c1-10(15(2)8-7-14(16)17)12-6-5-11(18-3)9-13(12)19-4/h5-6,9-10H,7-8H2,1-4H3,(H,16,17). The molecule has 0 saturated carbocycles. The van der Waals surface area contributed by atoms with Crippen molar-refractivity contribution in [3.8, 4) is 11.5 Å². The number of rotatable bonds is 7. The maximum atomic E-state index is 10.6. The molecule has 1 atom stereocenters. The lowest BCUT2D eigenvalue weighted by Crippen LogP contribution is -2.25. The van der Waals surface area contributed by atoms with Crippen molar-refractivity contribution in [1.29, 1.82) is 0 Å². The first-order chi connectivity index (χ1) is 8.99. The molecule has 1 aromatic carbocycles. The molecule has 0 heterocycles. The lowest BCUT2D eigenvalue weighted by Gasteiger charge is -2.26. The molecule has 1 N–H and O–H groups in total. The van der Waals surface area contributed by atoms with Gasteiger partial charge in [0.2, 0.25) is 0 Å². The Balaban J connectivity index is 2.85. The summed E-state index contributed by atoms with van der Waals surface area (Å²) in [4.78, 5) is 12.6. The second kappa shape index (κ2) is 6.99. The van der Waals surface area contributed by atoms with Crippen molar-refractivity contribution in [2.75, 3.05) is 27.8 Å². The number of methoxy groups -OCH3 is 2. The van der Waals surface area contributed by atoms with E-state index in [1.165, 1.54) is 0 Å². The molecule has 1 aromatic rings. The van der Waals surface area contributed by atoms with E-state index in [-0.39, 0.29) is 12.5 Å². The highest BCUT2D eigenvalue weighted by molar-refractivity contribution is 5.66. The fourth-order valence-electron chi connectivity index (χ4n) is 1.87. The molecule has 0 bridgehead atoms. The number of carboxylic acid groups (broad SMARTS) is 1. The highest BCUT2D eigenvalue weighted by Crippen LogP contribution is 2.31. The lowest BCUT2D eigenvalue weighted by atomic mass is 10.1. The number of carbonyl (C=O) groups is 1. The number of nitrogens with zero attached hydrogens (tertiary/aromatic N) is 1. The van der Waals surface area contributed by atoms with E-state index in [1.54, 1.807) is 14.2 Å². The van der Waals surface area contributed by atoms with Gasteiger partial charge in [-0.2, -0.15) is 0 Å². The SMILES string of the molecule is COc1ccc(C(C)N(C)CCC(=O)O)c(OC)c1. The normalized spacial score (nSPS) is 12.3. The second-order valence-electron chi connectivity index (χ2n) is 4.41. The monoisotopic (exact) mass is 267 g/mol. The molecule has 1 rings (SSSR count). The summed E-state index contributed by atoms with van der Waals surface area (Å²) in [6, 6.07) is 5.72. The Kier molecular flexibility index (Phi) is 5.63. The van der Waals surface area contributed by atoms with E-state index >= 15 is 0 Å². The largest absolute Gasteiger partial charge is 0.497 e. The zero-order valence-electron chi connectivity index (χ0n) is 11.8. The molecule has 0 fully saturated rings. The Morgan fingerprint density at radius 2 is 2.05 bits per heavy atom. The molecule has 1 unspecified atom stereocenters. The quantitative estimate of drug-likeness (QED) is 0.820. The molecular formula is C14H21NO4. The Morgan fingerprint density at radius 3 is 2.58 bits per heavy atom. The fourth-order valence-corrected chi connectivity index (χ4v) is 1.87. The summed E-state index contributed by atoms with van der Waals surface area (Å²) in [5, 5.41) is 8.72. The third kappa shape index (κ3) is 4.13. The lowest BCUT2D eigenvalue weighted by molar-refractivity contribution is -0.137. The van der Waals surface area contributed by atoms with Gasteiger partial charge in [0.05, 0.1) is 20.6 Å². The zero-order chi connectivity index (χ0) is 14.4. The van der Waals surface area contributed by atoms with Crippen molar-refractivity contribution in [2.24, 2.45) is 0 Å². The summed E-state index contributed by atoms with van der Waals surface area (Å²) >= 11 is 0. The van der Waals surface area contributed by atoms with E-state index in [1.807, 2.05) is 37.1 Å². The summed E-state index contributed by atoms with van der Waals surface area (Å²) in [5.74, 6) is 0.691. The fraction of sp³-hybridized carbons (Fsp3) is 0.500. The van der Waals surface area contributed by atoms with Crippen LogP contribution in [0.15, 0.2) is 18.2 Å². The van der Waals surface area contributed by atoms with Crippen LogP contribution >= 0.6 is 0 Å². The summed E-state index contributed by atoms with van der Waals surface area (Å²) < 4.78 is 10.5. The van der Waals surface area contributed by atoms with Gasteiger partial charge in [-0.25, -0.2) is 0 Å². The third-order valence-electron chi connectivity index (χ3n) is 3.23. The van der Waals surface area contributed by atoms with Gasteiger partial charge in [0, 0.05) is 24.2 Å². The van der Waals surface area contributed by atoms with Crippen LogP contribution in [0.2, 0.25) is 0 Å². The van der Waals surface area contributed by atoms with Crippen molar-refractivity contribution >= 4 is 5.97 Å². The number of hydrogen-bond donors (Lipinski definition) is 1. The molecule has 5 nitrogen and oxygen atoms in total. The van der Waals surface area contributed by atoms with Crippen molar-refractivity contribution in [3.63, 3.8) is 0 Å². The van der Waals surface area contributed by atoms with E-state index in [4.69, 9.17) is 14.6 Å². The van der Waals surface area contributed by atoms with Gasteiger partial charge in [0.15, 0.2) is 0 Å². The van der Waals surface area contributed by atoms with Crippen molar-refractivity contribution in [2.45, 2.75) is 19.4 Å². The van der Waals surface area contributed by atoms with E-state index < -0.39 is 5.97 Å². The molecular weight excluding hydrogens is 246 g/mol. The zero-order valence-corrected chi connectivity index (χ0v) is 11.8. The van der Waals surface area contributed by atoms with Crippen LogP contribution in [-0.2, 0) is 4.79 Å². The molecule has 0 aromatic heterocycles. The Bertz CT molecular complexity index is 433. The van der Waals surface area contributed by atoms with E-state index in [0.29, 0.717) is 6.54 Å². The van der Waals surface area contributed by atoms with Crippen LogP contribution in [0.4, 0.5) is 0 Å². The first kappa shape index (κ1) is 15.3. The van der Waals surface area contributed by atoms with Gasteiger partial charge in [-0.3, -0.25) is 9.69 Å². The van der Waals surface area contributed by atoms with Gasteiger partial charge < -0.3 is 14.6 Å². The predicted octanol–water partition coefficient (Wildman–Crippen LogP) is 2.17. The molecule has 19 heavy (non-hydrogen) atoms. The number of hydrogen-bond acceptors (Lipinski definition) is 4. The summed E-state index contributed by atoms with van der Waals surface area (Å²) in [6.07, 6.45) is 0.124. The van der Waals surface area contributed by atoms with E-state index in [9.17, 15) is 4.79 Å². The van der Waals surface area contributed by atoms with Gasteiger partial charge in [-0.15, -0.1) is 0 Å². The van der Waals surface area contributed by atoms with Gasteiger partial charge >= 0.3 is 5.97 Å². The number of benzene rings is 1. The first-order valence-corrected chi connectivity index (χ1v) is 6.13. The number of ether oxygens (including phenoxy) is 2. The maximum Gasteiger partial charge on any atom is 0.304 e. The Hall–Kier alpha value is -1.75. The third-order valence-corrected chi connectivity index (χ3v) is 3.23. The minimum atomic E-state index is -0.791. The average molecular weight is 267 g/mol. The van der Waals surface area contributed by atoms with Gasteiger partial charge in [0.25, 0.3) is 0 Å². The molecule has 0 aliphatic carbocycles. The van der Waals surface area contributed by atoms with Crippen LogP contribution in [0.1, 0.15) is 24.9 Å². The molecule has 0 radical (unpaired) electrons. The summed E-state index contributed by atoms with van der Waals surface area (Å²) in [7, 11) is 5.12. The second-order valence-corrected chi connectivity index (χ2v) is 4.41. The van der Waals surface area contributed by atoms with Crippen LogP contribution in [0, 0.1) is 0 Å². The van der Waals surface area contributed by atoms with E-state index in [2.05, 4.69) is 0 Å². The molecule has 0 aliphatic rings. The molecule has 0 aliphatic heterocycles. The van der Waals surface area contributed by atoms with Crippen molar-refractivity contribution in [3.05, 3.63) is 23.8 Å². The van der Waals surface area contributed by atoms with Gasteiger partial charge in [-0.05, 0) is 20.0 Å². The van der Waals surface area contributed by atoms with E-state index in [0.717, 1.165) is 17.1 Å². The highest BCUT2D eigenvalue weighted by Gasteiger charge is 2.17. The van der Waals surface area contributed by atoms with Crippen molar-refractivity contribution < 1.29 is 19.4 Å². The van der Waals surface area contributed by atoms with Crippen LogP contribution < -0.4 is 9.47 Å². The number of carboxylic acids is 1. The molecule has 106 valence electrons. The topological polar surface area (TPSA) is 59.0 Å². The average Bonchev–Trinajstić information content (AvgIpc) is 2.42. The Labute approximate surface area is 113 Å². The molecule has 5 heteroatoms.